The number of rotatable bonds is 5. The van der Waals surface area contributed by atoms with E-state index in [1.54, 1.807) is 0 Å². The molecule has 0 aliphatic rings. The van der Waals surface area contributed by atoms with E-state index in [1.807, 2.05) is 72.1 Å². The molecule has 0 aliphatic heterocycles. The molecule has 1 N–H and O–H groups in total. The Morgan fingerprint density at radius 2 is 1.70 bits per heavy atom. The van der Waals surface area contributed by atoms with Crippen molar-refractivity contribution in [3.63, 3.8) is 0 Å². The summed E-state index contributed by atoms with van der Waals surface area (Å²) in [7, 11) is 0. The van der Waals surface area contributed by atoms with Gasteiger partial charge in [-0.05, 0) is 49.4 Å². The molecule has 4 aromatic rings. The summed E-state index contributed by atoms with van der Waals surface area (Å²) < 4.78 is 1.89. The van der Waals surface area contributed by atoms with Crippen molar-refractivity contribution in [2.75, 3.05) is 5.32 Å². The van der Waals surface area contributed by atoms with Crippen LogP contribution in [-0.4, -0.2) is 15.3 Å². The third-order valence-corrected chi connectivity index (χ3v) is 5.66. The molecule has 2 heterocycles. The molecule has 0 saturated heterocycles. The molecule has 0 spiro atoms. The lowest BCUT2D eigenvalue weighted by atomic mass is 9.97. The van der Waals surface area contributed by atoms with Gasteiger partial charge in [0.1, 0.15) is 17.0 Å². The second kappa shape index (κ2) is 8.15. The number of hydrogen-bond donors (Lipinski definition) is 1. The molecule has 2 aromatic carbocycles. The molecule has 4 nitrogen and oxygen atoms in total. The second-order valence-corrected chi connectivity index (χ2v) is 7.96. The Morgan fingerprint density at radius 3 is 2.43 bits per heavy atom. The Morgan fingerprint density at radius 1 is 1.00 bits per heavy atom. The number of amides is 1. The summed E-state index contributed by atoms with van der Waals surface area (Å²) in [6.07, 6.45) is 2.98. The number of hydrogen-bond acceptors (Lipinski definition) is 2. The van der Waals surface area contributed by atoms with Crippen LogP contribution in [0.3, 0.4) is 0 Å². The fourth-order valence-corrected chi connectivity index (χ4v) is 3.72. The van der Waals surface area contributed by atoms with Crippen LogP contribution in [0.25, 0.3) is 16.9 Å². The number of nitrogens with one attached hydrogen (secondary N) is 1. The van der Waals surface area contributed by atoms with Gasteiger partial charge in [0.2, 0.25) is 0 Å². The summed E-state index contributed by atoms with van der Waals surface area (Å²) >= 11 is 0. The SMILES string of the molecule is CCC(C)c1ccccc1NC(=O)c1c(-c2ccc(C)cc2)nc2ccc(C)cn12. The van der Waals surface area contributed by atoms with E-state index in [0.29, 0.717) is 17.3 Å². The van der Waals surface area contributed by atoms with Crippen LogP contribution in [-0.2, 0) is 0 Å². The molecule has 1 atom stereocenters. The van der Waals surface area contributed by atoms with Crippen LogP contribution >= 0.6 is 0 Å². The van der Waals surface area contributed by atoms with Gasteiger partial charge in [-0.15, -0.1) is 0 Å². The molecule has 1 unspecified atom stereocenters. The van der Waals surface area contributed by atoms with Crippen LogP contribution in [0.4, 0.5) is 5.69 Å². The molecule has 1 amide bonds. The van der Waals surface area contributed by atoms with Crippen molar-refractivity contribution in [1.82, 2.24) is 9.38 Å². The van der Waals surface area contributed by atoms with Crippen LogP contribution in [0.15, 0.2) is 66.9 Å². The lowest BCUT2D eigenvalue weighted by Gasteiger charge is -2.16. The molecule has 0 aliphatic carbocycles. The van der Waals surface area contributed by atoms with Crippen molar-refractivity contribution in [1.29, 1.82) is 0 Å². The first-order chi connectivity index (χ1) is 14.5. The van der Waals surface area contributed by atoms with Gasteiger partial charge in [0.05, 0.1) is 0 Å². The van der Waals surface area contributed by atoms with Gasteiger partial charge in [-0.2, -0.15) is 0 Å². The summed E-state index contributed by atoms with van der Waals surface area (Å²) in [6, 6.07) is 20.1. The third-order valence-electron chi connectivity index (χ3n) is 5.66. The van der Waals surface area contributed by atoms with E-state index < -0.39 is 0 Å². The van der Waals surface area contributed by atoms with E-state index >= 15 is 0 Å². The standard InChI is InChI=1S/C26H27N3O/c1-5-19(4)21-8-6-7-9-22(21)27-26(30)25-24(20-13-10-17(2)11-14-20)28-23-15-12-18(3)16-29(23)25/h6-16,19H,5H2,1-4H3,(H,27,30). The van der Waals surface area contributed by atoms with Gasteiger partial charge in [0, 0.05) is 17.4 Å². The molecule has 0 fully saturated rings. The van der Waals surface area contributed by atoms with Gasteiger partial charge in [-0.25, -0.2) is 4.98 Å². The molecule has 2 aromatic heterocycles. The zero-order chi connectivity index (χ0) is 21.3. The first-order valence-corrected chi connectivity index (χ1v) is 10.4. The number of anilines is 1. The van der Waals surface area contributed by atoms with Crippen LogP contribution in [0.2, 0.25) is 0 Å². The monoisotopic (exact) mass is 397 g/mol. The normalized spacial score (nSPS) is 12.1. The molecule has 4 heteroatoms. The zero-order valence-corrected chi connectivity index (χ0v) is 17.9. The summed E-state index contributed by atoms with van der Waals surface area (Å²) in [5.41, 5.74) is 7.19. The van der Waals surface area contributed by atoms with Gasteiger partial charge in [0.25, 0.3) is 5.91 Å². The highest BCUT2D eigenvalue weighted by Crippen LogP contribution is 2.29. The van der Waals surface area contributed by atoms with Gasteiger partial charge in [-0.1, -0.05) is 67.9 Å². The maximum Gasteiger partial charge on any atom is 0.274 e. The summed E-state index contributed by atoms with van der Waals surface area (Å²) in [6.45, 7) is 8.41. The predicted molar refractivity (Wildman–Crippen MR) is 123 cm³/mol. The molecule has 0 saturated carbocycles. The number of pyridine rings is 1. The average Bonchev–Trinajstić information content (AvgIpc) is 3.12. The van der Waals surface area contributed by atoms with Crippen molar-refractivity contribution in [2.45, 2.75) is 40.0 Å². The fraction of sp³-hybridized carbons (Fsp3) is 0.231. The zero-order valence-electron chi connectivity index (χ0n) is 17.9. The third kappa shape index (κ3) is 3.73. The summed E-state index contributed by atoms with van der Waals surface area (Å²) in [5, 5.41) is 3.16. The average molecular weight is 398 g/mol. The largest absolute Gasteiger partial charge is 0.320 e. The maximum absolute atomic E-state index is 13.6. The lowest BCUT2D eigenvalue weighted by molar-refractivity contribution is 0.102. The number of aromatic nitrogens is 2. The van der Waals surface area contributed by atoms with E-state index in [0.717, 1.165) is 34.4 Å². The molecule has 0 bridgehead atoms. The Kier molecular flexibility index (Phi) is 5.40. The minimum Gasteiger partial charge on any atom is -0.320 e. The second-order valence-electron chi connectivity index (χ2n) is 7.96. The maximum atomic E-state index is 13.6. The minimum atomic E-state index is -0.153. The first-order valence-electron chi connectivity index (χ1n) is 10.4. The van der Waals surface area contributed by atoms with Crippen molar-refractivity contribution in [3.05, 3.63) is 89.2 Å². The quantitative estimate of drug-likeness (QED) is 0.424. The number of carbonyl (C=O) groups excluding carboxylic acids is 1. The highest BCUT2D eigenvalue weighted by Gasteiger charge is 2.22. The van der Waals surface area contributed by atoms with Crippen molar-refractivity contribution >= 4 is 17.2 Å². The van der Waals surface area contributed by atoms with Crippen LogP contribution in [0, 0.1) is 13.8 Å². The van der Waals surface area contributed by atoms with E-state index in [9.17, 15) is 4.79 Å². The highest BCUT2D eigenvalue weighted by molar-refractivity contribution is 6.08. The summed E-state index contributed by atoms with van der Waals surface area (Å²) in [4.78, 5) is 18.3. The van der Waals surface area contributed by atoms with E-state index in [2.05, 4.69) is 32.2 Å². The number of nitrogens with zero attached hydrogens (tertiary/aromatic N) is 2. The molecule has 30 heavy (non-hydrogen) atoms. The van der Waals surface area contributed by atoms with Crippen molar-refractivity contribution in [3.8, 4) is 11.3 Å². The first kappa shape index (κ1) is 19.9. The van der Waals surface area contributed by atoms with Gasteiger partial charge < -0.3 is 5.32 Å². The fourth-order valence-electron chi connectivity index (χ4n) is 3.72. The van der Waals surface area contributed by atoms with Crippen LogP contribution < -0.4 is 5.32 Å². The lowest BCUT2D eigenvalue weighted by Crippen LogP contribution is -2.17. The number of para-hydroxylation sites is 1. The van der Waals surface area contributed by atoms with Crippen molar-refractivity contribution in [2.24, 2.45) is 0 Å². The number of benzene rings is 2. The number of carbonyl (C=O) groups is 1. The molecule has 152 valence electrons. The van der Waals surface area contributed by atoms with E-state index in [4.69, 9.17) is 4.98 Å². The molecule has 0 radical (unpaired) electrons. The van der Waals surface area contributed by atoms with Gasteiger partial charge >= 0.3 is 0 Å². The molecule has 4 rings (SSSR count). The minimum absolute atomic E-state index is 0.153. The van der Waals surface area contributed by atoms with Crippen molar-refractivity contribution < 1.29 is 4.79 Å². The number of fused-ring (bicyclic) bond motifs is 1. The topological polar surface area (TPSA) is 46.4 Å². The molecular weight excluding hydrogens is 370 g/mol. The predicted octanol–water partition coefficient (Wildman–Crippen LogP) is 6.38. The van der Waals surface area contributed by atoms with E-state index in [1.165, 1.54) is 5.56 Å². The van der Waals surface area contributed by atoms with Crippen LogP contribution in [0.1, 0.15) is 53.4 Å². The highest BCUT2D eigenvalue weighted by atomic mass is 16.2. The Bertz CT molecular complexity index is 1200. The number of aryl methyl sites for hydroxylation is 2. The van der Waals surface area contributed by atoms with Gasteiger partial charge in [-0.3, -0.25) is 9.20 Å². The summed E-state index contributed by atoms with van der Waals surface area (Å²) in [5.74, 6) is 0.210. The van der Waals surface area contributed by atoms with Gasteiger partial charge in [0.15, 0.2) is 0 Å². The van der Waals surface area contributed by atoms with Crippen LogP contribution in [0.5, 0.6) is 0 Å². The van der Waals surface area contributed by atoms with E-state index in [-0.39, 0.29) is 5.91 Å². The smallest absolute Gasteiger partial charge is 0.274 e. The Hall–Kier alpha value is -3.40. The Labute approximate surface area is 177 Å². The molecular formula is C26H27N3O. The Balaban J connectivity index is 1.83. The number of imidazole rings is 1.